The number of halogens is 1. The molecule has 0 heterocycles. The zero-order valence-corrected chi connectivity index (χ0v) is 19.1. The summed E-state index contributed by atoms with van der Waals surface area (Å²) in [5.41, 5.74) is 4.86. The van der Waals surface area contributed by atoms with Gasteiger partial charge in [-0.05, 0) is 58.9 Å². The lowest BCUT2D eigenvalue weighted by Crippen LogP contribution is -2.06. The third-order valence-electron chi connectivity index (χ3n) is 5.40. The van der Waals surface area contributed by atoms with E-state index >= 15 is 4.39 Å². The maximum absolute atomic E-state index is 15.3. The van der Waals surface area contributed by atoms with Gasteiger partial charge in [0.25, 0.3) is 0 Å². The van der Waals surface area contributed by atoms with Crippen LogP contribution in [0.5, 0.6) is 5.75 Å². The molecule has 0 saturated carbocycles. The fourth-order valence-corrected chi connectivity index (χ4v) is 3.66. The number of ether oxygens (including phenoxy) is 2. The van der Waals surface area contributed by atoms with Gasteiger partial charge in [0, 0.05) is 18.1 Å². The van der Waals surface area contributed by atoms with Gasteiger partial charge >= 0.3 is 5.97 Å². The number of benzene rings is 3. The molecule has 0 aliphatic heterocycles. The first-order valence-electron chi connectivity index (χ1n) is 11.2. The molecule has 0 atom stereocenters. The average Bonchev–Trinajstić information content (AvgIpc) is 2.86. The predicted octanol–water partition coefficient (Wildman–Crippen LogP) is 5.92. The Morgan fingerprint density at radius 3 is 2.32 bits per heavy atom. The lowest BCUT2D eigenvalue weighted by atomic mass is 9.94. The summed E-state index contributed by atoms with van der Waals surface area (Å²) in [4.78, 5) is 11.4. The zero-order chi connectivity index (χ0) is 24.3. The van der Waals surface area contributed by atoms with Gasteiger partial charge in [-0.1, -0.05) is 55.1 Å². The first kappa shape index (κ1) is 24.9. The molecule has 0 aliphatic rings. The maximum atomic E-state index is 15.3. The lowest BCUT2D eigenvalue weighted by molar-refractivity contribution is -0.137. The normalized spacial score (nSPS) is 10.5. The number of aliphatic hydroxyl groups excluding tert-OH is 1. The van der Waals surface area contributed by atoms with E-state index in [1.54, 1.807) is 24.3 Å². The Morgan fingerprint density at radius 1 is 0.912 bits per heavy atom. The smallest absolute Gasteiger partial charge is 0.330 e. The minimum atomic E-state index is -0.514. The first-order valence-corrected chi connectivity index (χ1v) is 11.2. The molecule has 4 nitrogen and oxygen atoms in total. The molecule has 5 heteroatoms. The Kier molecular flexibility index (Phi) is 9.18. The molecule has 34 heavy (non-hydrogen) atoms. The molecule has 0 radical (unpaired) electrons. The fraction of sp³-hybridized carbons (Fsp3) is 0.207. The summed E-state index contributed by atoms with van der Waals surface area (Å²) in [5.74, 6) is -0.307. The monoisotopic (exact) mass is 460 g/mol. The second-order valence-electron chi connectivity index (χ2n) is 7.73. The molecule has 0 fully saturated rings. The van der Waals surface area contributed by atoms with Crippen LogP contribution in [0.3, 0.4) is 0 Å². The van der Waals surface area contributed by atoms with Crippen molar-refractivity contribution in [3.63, 3.8) is 0 Å². The van der Waals surface area contributed by atoms with Crippen molar-refractivity contribution in [2.45, 2.75) is 19.3 Å². The number of carbonyl (C=O) groups excluding carboxylic acids is 1. The van der Waals surface area contributed by atoms with Crippen molar-refractivity contribution < 1.29 is 23.8 Å². The summed E-state index contributed by atoms with van der Waals surface area (Å²) in [7, 11) is 0. The van der Waals surface area contributed by atoms with Crippen LogP contribution in [0.15, 0.2) is 86.0 Å². The van der Waals surface area contributed by atoms with Crippen LogP contribution < -0.4 is 4.74 Å². The van der Waals surface area contributed by atoms with E-state index in [1.807, 2.05) is 24.3 Å². The average molecular weight is 461 g/mol. The Morgan fingerprint density at radius 2 is 1.65 bits per heavy atom. The summed E-state index contributed by atoms with van der Waals surface area (Å²) in [6, 6.07) is 18.6. The van der Waals surface area contributed by atoms with Crippen molar-refractivity contribution in [2.75, 3.05) is 19.8 Å². The predicted molar refractivity (Wildman–Crippen MR) is 133 cm³/mol. The summed E-state index contributed by atoms with van der Waals surface area (Å²) in [5, 5.41) is 9.02. The van der Waals surface area contributed by atoms with Crippen LogP contribution >= 0.6 is 0 Å². The molecule has 0 aliphatic carbocycles. The van der Waals surface area contributed by atoms with Crippen molar-refractivity contribution in [3.05, 3.63) is 103 Å². The number of rotatable bonds is 12. The highest BCUT2D eigenvalue weighted by atomic mass is 19.1. The van der Waals surface area contributed by atoms with Crippen LogP contribution in [0, 0.1) is 5.82 Å². The molecule has 3 rings (SSSR count). The molecule has 176 valence electrons. The van der Waals surface area contributed by atoms with Gasteiger partial charge in [-0.3, -0.25) is 0 Å². The van der Waals surface area contributed by atoms with E-state index in [2.05, 4.69) is 25.3 Å². The number of carbonyl (C=O) groups is 1. The Bertz CT molecular complexity index is 1140. The minimum absolute atomic E-state index is 0.112. The van der Waals surface area contributed by atoms with Crippen molar-refractivity contribution in [3.8, 4) is 28.0 Å². The molecule has 0 saturated heterocycles. The van der Waals surface area contributed by atoms with Crippen molar-refractivity contribution in [1.29, 1.82) is 0 Å². The van der Waals surface area contributed by atoms with E-state index in [0.29, 0.717) is 23.3 Å². The second kappa shape index (κ2) is 12.5. The number of hydrogen-bond acceptors (Lipinski definition) is 4. The molecule has 3 aromatic carbocycles. The fourth-order valence-electron chi connectivity index (χ4n) is 3.66. The molecule has 0 spiro atoms. The summed E-state index contributed by atoms with van der Waals surface area (Å²) < 4.78 is 25.9. The van der Waals surface area contributed by atoms with Gasteiger partial charge in [0.2, 0.25) is 0 Å². The molecule has 0 amide bonds. The van der Waals surface area contributed by atoms with Gasteiger partial charge in [0.05, 0.1) is 13.2 Å². The Balaban J connectivity index is 1.87. The van der Waals surface area contributed by atoms with E-state index in [9.17, 15) is 4.79 Å². The van der Waals surface area contributed by atoms with Gasteiger partial charge in [-0.2, -0.15) is 0 Å². The quantitative estimate of drug-likeness (QED) is 0.207. The molecule has 0 aromatic heterocycles. The van der Waals surface area contributed by atoms with E-state index < -0.39 is 5.97 Å². The van der Waals surface area contributed by atoms with Crippen molar-refractivity contribution in [2.24, 2.45) is 0 Å². The van der Waals surface area contributed by atoms with Crippen LogP contribution in [0.25, 0.3) is 22.3 Å². The standard InChI is InChI=1S/C29H29FO4/c1-3-5-6-21-7-9-22(10-8-21)23-11-13-27(28(30)20-23)26-14-12-25(33-18-16-31)19-24(26)15-17-34-29(32)4-2/h3-4,7-14,19-20,31H,1-2,5-6,15-18H2. The van der Waals surface area contributed by atoms with E-state index in [1.165, 1.54) is 11.6 Å². The van der Waals surface area contributed by atoms with Crippen LogP contribution in [0.1, 0.15) is 17.5 Å². The summed E-state index contributed by atoms with van der Waals surface area (Å²) in [6.45, 7) is 7.31. The highest BCUT2D eigenvalue weighted by molar-refractivity contribution is 5.81. The van der Waals surface area contributed by atoms with Crippen molar-refractivity contribution in [1.82, 2.24) is 0 Å². The van der Waals surface area contributed by atoms with Gasteiger partial charge in [0.15, 0.2) is 0 Å². The molecule has 3 aromatic rings. The third kappa shape index (κ3) is 6.65. The second-order valence-corrected chi connectivity index (χ2v) is 7.73. The van der Waals surface area contributed by atoms with Gasteiger partial charge in [0.1, 0.15) is 18.2 Å². The number of esters is 1. The first-order chi connectivity index (χ1) is 16.5. The zero-order valence-electron chi connectivity index (χ0n) is 19.1. The molecule has 0 unspecified atom stereocenters. The SMILES string of the molecule is C=CCCc1ccc(-c2ccc(-c3ccc(OCCO)cc3CCOC(=O)C=C)c(F)c2)cc1. The van der Waals surface area contributed by atoms with Crippen LogP contribution in [0.4, 0.5) is 4.39 Å². The number of allylic oxidation sites excluding steroid dienone is 1. The topological polar surface area (TPSA) is 55.8 Å². The minimum Gasteiger partial charge on any atom is -0.491 e. The number of aliphatic hydroxyl groups is 1. The summed E-state index contributed by atoms with van der Waals surface area (Å²) >= 11 is 0. The highest BCUT2D eigenvalue weighted by Crippen LogP contribution is 2.32. The molecular weight excluding hydrogens is 431 g/mol. The Hall–Kier alpha value is -3.70. The number of aryl methyl sites for hydroxylation is 1. The van der Waals surface area contributed by atoms with Gasteiger partial charge in [-0.15, -0.1) is 6.58 Å². The molecule has 0 bridgehead atoms. The summed E-state index contributed by atoms with van der Waals surface area (Å²) in [6.07, 6.45) is 5.22. The number of hydrogen-bond donors (Lipinski definition) is 1. The van der Waals surface area contributed by atoms with Crippen LogP contribution in [-0.4, -0.2) is 30.9 Å². The lowest BCUT2D eigenvalue weighted by Gasteiger charge is -2.14. The Labute approximate surface area is 200 Å². The van der Waals surface area contributed by atoms with E-state index in [4.69, 9.17) is 14.6 Å². The van der Waals surface area contributed by atoms with E-state index in [0.717, 1.165) is 35.6 Å². The van der Waals surface area contributed by atoms with Crippen molar-refractivity contribution >= 4 is 5.97 Å². The highest BCUT2D eigenvalue weighted by Gasteiger charge is 2.13. The molecular formula is C29H29FO4. The van der Waals surface area contributed by atoms with E-state index in [-0.39, 0.29) is 25.6 Å². The largest absolute Gasteiger partial charge is 0.491 e. The maximum Gasteiger partial charge on any atom is 0.330 e. The molecule has 1 N–H and O–H groups in total. The third-order valence-corrected chi connectivity index (χ3v) is 5.40. The van der Waals surface area contributed by atoms with Gasteiger partial charge < -0.3 is 14.6 Å². The van der Waals surface area contributed by atoms with Crippen LogP contribution in [0.2, 0.25) is 0 Å². The van der Waals surface area contributed by atoms with Crippen LogP contribution in [-0.2, 0) is 22.4 Å². The van der Waals surface area contributed by atoms with Gasteiger partial charge in [-0.25, -0.2) is 9.18 Å².